The Bertz CT molecular complexity index is 448. The molecule has 1 aromatic carbocycles. The molecule has 0 radical (unpaired) electrons. The molecule has 1 aliphatic heterocycles. The summed E-state index contributed by atoms with van der Waals surface area (Å²) < 4.78 is 0. The molecule has 0 saturated carbocycles. The number of hydrogen-bond donors (Lipinski definition) is 1. The molecule has 0 fully saturated rings. The van der Waals surface area contributed by atoms with Gasteiger partial charge in [-0.1, -0.05) is 12.1 Å². The highest BCUT2D eigenvalue weighted by Gasteiger charge is 2.14. The number of aliphatic imine (C=N–C) groups is 1. The number of aryl methyl sites for hydroxylation is 1. The van der Waals surface area contributed by atoms with Gasteiger partial charge >= 0.3 is 0 Å². The highest BCUT2D eigenvalue weighted by Crippen LogP contribution is 2.23. The van der Waals surface area contributed by atoms with Crippen LogP contribution >= 0.6 is 0 Å². The fraction of sp³-hybridized carbons (Fsp3) is 0.273. The first-order valence-electron chi connectivity index (χ1n) is 4.75. The van der Waals surface area contributed by atoms with Crippen LogP contribution in [-0.2, 0) is 22.6 Å². The average Bonchev–Trinajstić information content (AvgIpc) is 2.25. The lowest BCUT2D eigenvalue weighted by atomic mass is 10.0. The smallest absolute Gasteiger partial charge is 0.235 e. The van der Waals surface area contributed by atoms with Crippen LogP contribution in [0.25, 0.3) is 0 Å². The number of carbonyl (C=O) groups excluding carboxylic acids is 2. The molecule has 0 spiro atoms. The lowest BCUT2D eigenvalue weighted by molar-refractivity contribution is -0.116. The largest absolute Gasteiger partial charge is 0.326 e. The second-order valence-electron chi connectivity index (χ2n) is 3.45. The Kier molecular flexibility index (Phi) is 2.61. The highest BCUT2D eigenvalue weighted by molar-refractivity contribution is 5.93. The molecule has 0 saturated heterocycles. The van der Waals surface area contributed by atoms with Crippen LogP contribution in [0.3, 0.4) is 0 Å². The molecule has 1 amide bonds. The van der Waals surface area contributed by atoms with E-state index in [0.717, 1.165) is 23.2 Å². The summed E-state index contributed by atoms with van der Waals surface area (Å²) in [5.41, 5.74) is 2.87. The molecule has 0 atom stereocenters. The molecule has 1 N–H and O–H groups in total. The maximum absolute atomic E-state index is 11.2. The minimum Gasteiger partial charge on any atom is -0.326 e. The zero-order chi connectivity index (χ0) is 10.7. The number of carbonyl (C=O) groups is 1. The van der Waals surface area contributed by atoms with E-state index in [4.69, 9.17) is 0 Å². The zero-order valence-electron chi connectivity index (χ0n) is 8.12. The molecular weight excluding hydrogens is 192 g/mol. The molecule has 4 nitrogen and oxygen atoms in total. The Balaban J connectivity index is 2.27. The summed E-state index contributed by atoms with van der Waals surface area (Å²) in [6.45, 7) is 0.312. The van der Waals surface area contributed by atoms with Crippen molar-refractivity contribution in [2.45, 2.75) is 19.4 Å². The molecule has 1 aliphatic rings. The third kappa shape index (κ3) is 2.11. The molecule has 0 aliphatic carbocycles. The van der Waals surface area contributed by atoms with Gasteiger partial charge in [0.15, 0.2) is 0 Å². The van der Waals surface area contributed by atoms with E-state index in [1.54, 1.807) is 0 Å². The van der Waals surface area contributed by atoms with E-state index in [0.29, 0.717) is 13.0 Å². The van der Waals surface area contributed by atoms with Crippen LogP contribution in [0.2, 0.25) is 0 Å². The van der Waals surface area contributed by atoms with Gasteiger partial charge in [0.2, 0.25) is 12.0 Å². The summed E-state index contributed by atoms with van der Waals surface area (Å²) in [6.07, 6.45) is 2.81. The van der Waals surface area contributed by atoms with E-state index in [1.165, 1.54) is 6.08 Å². The number of rotatable bonds is 2. The Morgan fingerprint density at radius 2 is 2.27 bits per heavy atom. The van der Waals surface area contributed by atoms with E-state index in [1.807, 2.05) is 18.2 Å². The summed E-state index contributed by atoms with van der Waals surface area (Å²) in [7, 11) is 0. The average molecular weight is 202 g/mol. The molecule has 0 unspecified atom stereocenters. The molecule has 0 bridgehead atoms. The van der Waals surface area contributed by atoms with Crippen molar-refractivity contribution in [1.29, 1.82) is 0 Å². The second-order valence-corrected chi connectivity index (χ2v) is 3.45. The van der Waals surface area contributed by atoms with Crippen LogP contribution in [0.1, 0.15) is 17.5 Å². The number of fused-ring (bicyclic) bond motifs is 1. The predicted octanol–water partition coefficient (Wildman–Crippen LogP) is 1.41. The quantitative estimate of drug-likeness (QED) is 0.582. The van der Waals surface area contributed by atoms with Gasteiger partial charge in [0.25, 0.3) is 0 Å². The van der Waals surface area contributed by atoms with Crippen LogP contribution in [0.15, 0.2) is 23.2 Å². The molecule has 1 aromatic rings. The maximum atomic E-state index is 11.2. The molecule has 1 heterocycles. The van der Waals surface area contributed by atoms with E-state index in [9.17, 15) is 9.59 Å². The number of nitrogens with one attached hydrogen (secondary N) is 1. The second kappa shape index (κ2) is 4.07. The highest BCUT2D eigenvalue weighted by atomic mass is 16.1. The Hall–Kier alpha value is -1.93. The van der Waals surface area contributed by atoms with Gasteiger partial charge in [0, 0.05) is 12.1 Å². The van der Waals surface area contributed by atoms with Gasteiger partial charge in [0.1, 0.15) is 0 Å². The van der Waals surface area contributed by atoms with E-state index in [-0.39, 0.29) is 5.91 Å². The first kappa shape index (κ1) is 9.62. The van der Waals surface area contributed by atoms with Crippen LogP contribution in [0.4, 0.5) is 5.69 Å². The van der Waals surface area contributed by atoms with Crippen molar-refractivity contribution in [3.05, 3.63) is 29.3 Å². The summed E-state index contributed by atoms with van der Waals surface area (Å²) >= 11 is 0. The van der Waals surface area contributed by atoms with Crippen molar-refractivity contribution in [3.63, 3.8) is 0 Å². The Morgan fingerprint density at radius 3 is 3.07 bits per heavy atom. The number of isocyanates is 1. The number of benzene rings is 1. The fourth-order valence-corrected chi connectivity index (χ4v) is 1.64. The van der Waals surface area contributed by atoms with E-state index >= 15 is 0 Å². The molecule has 2 rings (SSSR count). The Labute approximate surface area is 87.0 Å². The monoisotopic (exact) mass is 202 g/mol. The number of anilines is 1. The normalized spacial score (nSPS) is 13.7. The third-order valence-corrected chi connectivity index (χ3v) is 2.40. The van der Waals surface area contributed by atoms with Crippen LogP contribution in [-0.4, -0.2) is 12.0 Å². The summed E-state index contributed by atoms with van der Waals surface area (Å²) in [5.74, 6) is 0.0403. The topological polar surface area (TPSA) is 58.5 Å². The van der Waals surface area contributed by atoms with Gasteiger partial charge in [-0.25, -0.2) is 9.79 Å². The standard InChI is InChI=1S/C11H10N2O2/c14-7-12-6-8-1-2-9-3-4-11(15)13-10(9)5-8/h1-2,5H,3-4,6H2,(H,13,15). The van der Waals surface area contributed by atoms with Crippen molar-refractivity contribution in [1.82, 2.24) is 0 Å². The number of hydrogen-bond acceptors (Lipinski definition) is 3. The van der Waals surface area contributed by atoms with E-state index < -0.39 is 0 Å². The molecule has 15 heavy (non-hydrogen) atoms. The maximum Gasteiger partial charge on any atom is 0.235 e. The van der Waals surface area contributed by atoms with Gasteiger partial charge < -0.3 is 5.32 Å². The zero-order valence-corrected chi connectivity index (χ0v) is 8.12. The summed E-state index contributed by atoms with van der Waals surface area (Å²) in [4.78, 5) is 24.6. The van der Waals surface area contributed by atoms with Gasteiger partial charge in [-0.3, -0.25) is 4.79 Å². The lowest BCUT2D eigenvalue weighted by Crippen LogP contribution is -2.18. The van der Waals surface area contributed by atoms with Crippen LogP contribution in [0.5, 0.6) is 0 Å². The van der Waals surface area contributed by atoms with Crippen molar-refractivity contribution in [2.24, 2.45) is 4.99 Å². The number of amides is 1. The SMILES string of the molecule is O=C=NCc1ccc2c(c1)NC(=O)CC2. The van der Waals surface area contributed by atoms with Gasteiger partial charge in [-0.15, -0.1) is 0 Å². The first-order chi connectivity index (χ1) is 7.29. The van der Waals surface area contributed by atoms with Crippen molar-refractivity contribution in [3.8, 4) is 0 Å². The minimum atomic E-state index is 0.0403. The van der Waals surface area contributed by atoms with Gasteiger partial charge in [0.05, 0.1) is 6.54 Å². The third-order valence-electron chi connectivity index (χ3n) is 2.40. The Morgan fingerprint density at radius 1 is 1.40 bits per heavy atom. The fourth-order valence-electron chi connectivity index (χ4n) is 1.64. The molecule has 0 aromatic heterocycles. The van der Waals surface area contributed by atoms with E-state index in [2.05, 4.69) is 10.3 Å². The van der Waals surface area contributed by atoms with Gasteiger partial charge in [-0.2, -0.15) is 0 Å². The minimum absolute atomic E-state index is 0.0403. The molecule has 4 heteroatoms. The van der Waals surface area contributed by atoms with Crippen LogP contribution in [0, 0.1) is 0 Å². The summed E-state index contributed by atoms with van der Waals surface area (Å²) in [5, 5.41) is 2.80. The molecule has 76 valence electrons. The number of nitrogens with zero attached hydrogens (tertiary/aromatic N) is 1. The first-order valence-corrected chi connectivity index (χ1v) is 4.75. The summed E-state index contributed by atoms with van der Waals surface area (Å²) in [6, 6.07) is 5.73. The van der Waals surface area contributed by atoms with Crippen molar-refractivity contribution in [2.75, 3.05) is 5.32 Å². The van der Waals surface area contributed by atoms with Gasteiger partial charge in [-0.05, 0) is 23.6 Å². The van der Waals surface area contributed by atoms with Crippen molar-refractivity contribution < 1.29 is 9.59 Å². The lowest BCUT2D eigenvalue weighted by Gasteiger charge is -2.17. The predicted molar refractivity (Wildman–Crippen MR) is 55.2 cm³/mol. The molecular formula is C11H10N2O2. The van der Waals surface area contributed by atoms with Crippen molar-refractivity contribution >= 4 is 17.7 Å². The van der Waals surface area contributed by atoms with Crippen LogP contribution < -0.4 is 5.32 Å².